The molecule has 2 aromatic rings. The second kappa shape index (κ2) is 7.51. The summed E-state index contributed by atoms with van der Waals surface area (Å²) in [7, 11) is 0. The third-order valence-corrected chi connectivity index (χ3v) is 4.49. The lowest BCUT2D eigenvalue weighted by atomic mass is 10.0. The van der Waals surface area contributed by atoms with Gasteiger partial charge in [-0.1, -0.05) is 42.0 Å². The third-order valence-electron chi connectivity index (χ3n) is 4.49. The van der Waals surface area contributed by atoms with Gasteiger partial charge in [0.05, 0.1) is 12.5 Å². The van der Waals surface area contributed by atoms with Crippen molar-refractivity contribution in [3.63, 3.8) is 0 Å². The van der Waals surface area contributed by atoms with E-state index in [1.807, 2.05) is 24.3 Å². The number of carbonyl (C=O) groups is 2. The normalized spacial score (nSPS) is 14.6. The topological polar surface area (TPSA) is 58.2 Å². The van der Waals surface area contributed by atoms with Crippen LogP contribution < -0.4 is 10.6 Å². The Morgan fingerprint density at radius 1 is 1.04 bits per heavy atom. The van der Waals surface area contributed by atoms with Crippen molar-refractivity contribution in [1.29, 1.82) is 0 Å². The minimum atomic E-state index is -0.101. The van der Waals surface area contributed by atoms with Crippen molar-refractivity contribution in [2.45, 2.75) is 39.2 Å². The van der Waals surface area contributed by atoms with Gasteiger partial charge in [-0.25, -0.2) is 0 Å². The van der Waals surface area contributed by atoms with Gasteiger partial charge in [0.1, 0.15) is 0 Å². The van der Waals surface area contributed by atoms with Crippen molar-refractivity contribution >= 4 is 17.5 Å². The van der Waals surface area contributed by atoms with Crippen LogP contribution in [0.3, 0.4) is 0 Å². The number of nitrogens with one attached hydrogen (secondary N) is 2. The summed E-state index contributed by atoms with van der Waals surface area (Å²) >= 11 is 0. The molecule has 2 N–H and O–H groups in total. The van der Waals surface area contributed by atoms with Gasteiger partial charge in [-0.15, -0.1) is 0 Å². The number of benzene rings is 2. The first-order valence-electron chi connectivity index (χ1n) is 8.74. The van der Waals surface area contributed by atoms with Crippen molar-refractivity contribution < 1.29 is 9.59 Å². The van der Waals surface area contributed by atoms with Crippen LogP contribution in [-0.2, 0) is 16.0 Å². The van der Waals surface area contributed by atoms with Gasteiger partial charge in [0, 0.05) is 12.6 Å². The maximum absolute atomic E-state index is 12.5. The highest BCUT2D eigenvalue weighted by Crippen LogP contribution is 2.41. The molecule has 1 unspecified atom stereocenters. The van der Waals surface area contributed by atoms with E-state index in [-0.39, 0.29) is 17.9 Å². The van der Waals surface area contributed by atoms with Crippen LogP contribution in [0.5, 0.6) is 0 Å². The molecule has 1 fully saturated rings. The quantitative estimate of drug-likeness (QED) is 0.844. The first kappa shape index (κ1) is 17.2. The van der Waals surface area contributed by atoms with Gasteiger partial charge in [-0.2, -0.15) is 0 Å². The molecule has 0 aliphatic heterocycles. The molecule has 0 aromatic heterocycles. The summed E-state index contributed by atoms with van der Waals surface area (Å²) < 4.78 is 0. The second-order valence-electron chi connectivity index (χ2n) is 6.85. The summed E-state index contributed by atoms with van der Waals surface area (Å²) in [5, 5.41) is 5.93. The molecule has 1 aliphatic carbocycles. The van der Waals surface area contributed by atoms with E-state index in [1.165, 1.54) is 30.9 Å². The van der Waals surface area contributed by atoms with Crippen LogP contribution >= 0.6 is 0 Å². The summed E-state index contributed by atoms with van der Waals surface area (Å²) in [6.07, 6.45) is 2.68. The van der Waals surface area contributed by atoms with Gasteiger partial charge in [0.2, 0.25) is 11.8 Å². The zero-order valence-electron chi connectivity index (χ0n) is 14.7. The smallest absolute Gasteiger partial charge is 0.224 e. The molecule has 1 aliphatic rings. The zero-order chi connectivity index (χ0) is 17.8. The van der Waals surface area contributed by atoms with Crippen molar-refractivity contribution in [3.8, 4) is 0 Å². The standard InChI is InChI=1S/C21H24N2O2/c1-14-3-7-17(8-4-14)21(18-9-10-18)23-20(25)13-16-5-11-19(12-6-16)22-15(2)24/h3-8,11-12,18,21H,9-10,13H2,1-2H3,(H,22,24)(H,23,25). The number of anilines is 1. The van der Waals surface area contributed by atoms with Gasteiger partial charge in [-0.05, 0) is 48.9 Å². The van der Waals surface area contributed by atoms with Gasteiger partial charge in [-0.3, -0.25) is 9.59 Å². The molecule has 2 aromatic carbocycles. The van der Waals surface area contributed by atoms with Gasteiger partial charge in [0.15, 0.2) is 0 Å². The van der Waals surface area contributed by atoms with E-state index in [0.29, 0.717) is 12.3 Å². The average Bonchev–Trinajstić information content (AvgIpc) is 3.40. The molecular formula is C21H24N2O2. The highest BCUT2D eigenvalue weighted by Gasteiger charge is 2.33. The lowest BCUT2D eigenvalue weighted by Crippen LogP contribution is -2.31. The molecule has 0 spiro atoms. The van der Waals surface area contributed by atoms with Crippen molar-refractivity contribution in [2.75, 3.05) is 5.32 Å². The number of hydrogen-bond donors (Lipinski definition) is 2. The van der Waals surface area contributed by atoms with Crippen LogP contribution in [0.15, 0.2) is 48.5 Å². The summed E-state index contributed by atoms with van der Waals surface area (Å²) in [5.41, 5.74) is 4.09. The van der Waals surface area contributed by atoms with E-state index in [1.54, 1.807) is 0 Å². The molecule has 1 saturated carbocycles. The van der Waals surface area contributed by atoms with E-state index in [0.717, 1.165) is 11.3 Å². The van der Waals surface area contributed by atoms with Crippen molar-refractivity contribution in [1.82, 2.24) is 5.32 Å². The highest BCUT2D eigenvalue weighted by molar-refractivity contribution is 5.88. The number of rotatable bonds is 6. The molecule has 0 heterocycles. The Hall–Kier alpha value is -2.62. The lowest BCUT2D eigenvalue weighted by Gasteiger charge is -2.19. The Labute approximate surface area is 148 Å². The molecule has 1 atom stereocenters. The number of hydrogen-bond acceptors (Lipinski definition) is 2. The Kier molecular flexibility index (Phi) is 5.17. The average molecular weight is 336 g/mol. The number of amides is 2. The SMILES string of the molecule is CC(=O)Nc1ccc(CC(=O)NC(c2ccc(C)cc2)C2CC2)cc1. The van der Waals surface area contributed by atoms with Gasteiger partial charge in [0.25, 0.3) is 0 Å². The molecule has 2 amide bonds. The minimum Gasteiger partial charge on any atom is -0.349 e. The third kappa shape index (κ3) is 4.92. The largest absolute Gasteiger partial charge is 0.349 e. The Balaban J connectivity index is 1.62. The van der Waals surface area contributed by atoms with Crippen molar-refractivity contribution in [3.05, 3.63) is 65.2 Å². The van der Waals surface area contributed by atoms with Gasteiger partial charge >= 0.3 is 0 Å². The van der Waals surface area contributed by atoms with Crippen LogP contribution in [0.25, 0.3) is 0 Å². The molecule has 130 valence electrons. The fourth-order valence-electron chi connectivity index (χ4n) is 3.00. The second-order valence-corrected chi connectivity index (χ2v) is 6.85. The molecule has 25 heavy (non-hydrogen) atoms. The van der Waals surface area contributed by atoms with E-state index in [4.69, 9.17) is 0 Å². The summed E-state index contributed by atoms with van der Waals surface area (Å²) in [6, 6.07) is 15.9. The first-order valence-corrected chi connectivity index (χ1v) is 8.74. The van der Waals surface area contributed by atoms with Crippen LogP contribution in [0.1, 0.15) is 42.5 Å². The predicted octanol–water partition coefficient (Wildman–Crippen LogP) is 3.76. The molecule has 4 heteroatoms. The summed E-state index contributed by atoms with van der Waals surface area (Å²) in [4.78, 5) is 23.5. The van der Waals surface area contributed by atoms with E-state index in [9.17, 15) is 9.59 Å². The van der Waals surface area contributed by atoms with Crippen molar-refractivity contribution in [2.24, 2.45) is 5.92 Å². The highest BCUT2D eigenvalue weighted by atomic mass is 16.2. The predicted molar refractivity (Wildman–Crippen MR) is 99.2 cm³/mol. The molecule has 4 nitrogen and oxygen atoms in total. The van der Waals surface area contributed by atoms with Crippen LogP contribution in [-0.4, -0.2) is 11.8 Å². The van der Waals surface area contributed by atoms with E-state index in [2.05, 4.69) is 41.8 Å². The lowest BCUT2D eigenvalue weighted by molar-refractivity contribution is -0.121. The van der Waals surface area contributed by atoms with E-state index >= 15 is 0 Å². The van der Waals surface area contributed by atoms with Crippen LogP contribution in [0, 0.1) is 12.8 Å². The Morgan fingerprint density at radius 3 is 2.24 bits per heavy atom. The Bertz CT molecular complexity index is 746. The van der Waals surface area contributed by atoms with Gasteiger partial charge < -0.3 is 10.6 Å². The Morgan fingerprint density at radius 2 is 1.68 bits per heavy atom. The van der Waals surface area contributed by atoms with Crippen LogP contribution in [0.4, 0.5) is 5.69 Å². The fourth-order valence-corrected chi connectivity index (χ4v) is 3.00. The van der Waals surface area contributed by atoms with Crippen LogP contribution in [0.2, 0.25) is 0 Å². The zero-order valence-corrected chi connectivity index (χ0v) is 14.7. The molecule has 0 bridgehead atoms. The molecular weight excluding hydrogens is 312 g/mol. The minimum absolute atomic E-state index is 0.0322. The molecule has 0 radical (unpaired) electrons. The fraction of sp³-hybridized carbons (Fsp3) is 0.333. The monoisotopic (exact) mass is 336 g/mol. The number of carbonyl (C=O) groups excluding carboxylic acids is 2. The number of aryl methyl sites for hydroxylation is 1. The maximum Gasteiger partial charge on any atom is 0.224 e. The summed E-state index contributed by atoms with van der Waals surface area (Å²) in [6.45, 7) is 3.55. The summed E-state index contributed by atoms with van der Waals surface area (Å²) in [5.74, 6) is 0.481. The van der Waals surface area contributed by atoms with E-state index < -0.39 is 0 Å². The maximum atomic E-state index is 12.5. The first-order chi connectivity index (χ1) is 12.0. The molecule has 3 rings (SSSR count). The molecule has 0 saturated heterocycles.